The summed E-state index contributed by atoms with van der Waals surface area (Å²) in [5.74, 6) is -0.152. The van der Waals surface area contributed by atoms with Crippen LogP contribution in [0.4, 0.5) is 0 Å². The third kappa shape index (κ3) is 4.54. The minimum atomic E-state index is -0.152. The van der Waals surface area contributed by atoms with E-state index in [0.29, 0.717) is 12.9 Å². The largest absolute Gasteiger partial charge is 0.359 e. The fourth-order valence-corrected chi connectivity index (χ4v) is 2.39. The van der Waals surface area contributed by atoms with E-state index in [1.807, 2.05) is 24.3 Å². The number of hydrogen-bond acceptors (Lipinski definition) is 3. The molecule has 1 aliphatic carbocycles. The SMILES string of the molecule is COCOC1CCCCC1.O=C1C=c2ccccc2=N1. The minimum absolute atomic E-state index is 0.152. The summed E-state index contributed by atoms with van der Waals surface area (Å²) in [5, 5.41) is 1.71. The molecule has 0 N–H and O–H groups in total. The van der Waals surface area contributed by atoms with E-state index in [-0.39, 0.29) is 5.91 Å². The maximum atomic E-state index is 10.7. The highest BCUT2D eigenvalue weighted by Gasteiger charge is 2.12. The van der Waals surface area contributed by atoms with Crippen molar-refractivity contribution in [2.24, 2.45) is 4.99 Å². The maximum Gasteiger partial charge on any atom is 0.270 e. The first kappa shape index (κ1) is 14.9. The Morgan fingerprint density at radius 3 is 2.65 bits per heavy atom. The number of fused-ring (bicyclic) bond motifs is 1. The van der Waals surface area contributed by atoms with Crippen molar-refractivity contribution in [3.05, 3.63) is 34.8 Å². The molecule has 0 spiro atoms. The highest BCUT2D eigenvalue weighted by Crippen LogP contribution is 2.19. The Morgan fingerprint density at radius 2 is 1.95 bits per heavy atom. The van der Waals surface area contributed by atoms with E-state index in [1.54, 1.807) is 7.11 Å². The number of carbonyl (C=O) groups is 1. The van der Waals surface area contributed by atoms with Gasteiger partial charge in [-0.3, -0.25) is 4.79 Å². The van der Waals surface area contributed by atoms with Crippen LogP contribution in [0.5, 0.6) is 0 Å². The van der Waals surface area contributed by atoms with E-state index in [1.165, 1.54) is 38.2 Å². The van der Waals surface area contributed by atoms with Gasteiger partial charge < -0.3 is 9.47 Å². The lowest BCUT2D eigenvalue weighted by molar-refractivity contribution is -0.112. The summed E-state index contributed by atoms with van der Waals surface area (Å²) in [6, 6.07) is 7.47. The number of nitrogens with zero attached hydrogens (tertiary/aromatic N) is 1. The second-order valence-electron chi connectivity index (χ2n) is 4.99. The lowest BCUT2D eigenvalue weighted by Crippen LogP contribution is -2.19. The van der Waals surface area contributed by atoms with Crippen LogP contribution in [0, 0.1) is 0 Å². The van der Waals surface area contributed by atoms with Crippen LogP contribution in [0.1, 0.15) is 32.1 Å². The summed E-state index contributed by atoms with van der Waals surface area (Å²) in [4.78, 5) is 14.4. The molecule has 1 amide bonds. The number of hydrogen-bond donors (Lipinski definition) is 0. The summed E-state index contributed by atoms with van der Waals surface area (Å²) in [6.45, 7) is 0.463. The third-order valence-electron chi connectivity index (χ3n) is 3.42. The summed E-state index contributed by atoms with van der Waals surface area (Å²) in [7, 11) is 1.67. The van der Waals surface area contributed by atoms with E-state index < -0.39 is 0 Å². The predicted octanol–water partition coefficient (Wildman–Crippen LogP) is 1.57. The number of para-hydroxylation sites is 1. The van der Waals surface area contributed by atoms with Crippen molar-refractivity contribution in [1.29, 1.82) is 0 Å². The molecule has 1 aliphatic heterocycles. The molecule has 0 atom stereocenters. The van der Waals surface area contributed by atoms with E-state index >= 15 is 0 Å². The molecule has 0 bridgehead atoms. The molecule has 0 unspecified atom stereocenters. The molecule has 2 aliphatic rings. The van der Waals surface area contributed by atoms with Crippen LogP contribution in [0.2, 0.25) is 0 Å². The highest BCUT2D eigenvalue weighted by atomic mass is 16.7. The second-order valence-corrected chi connectivity index (χ2v) is 4.99. The van der Waals surface area contributed by atoms with Crippen molar-refractivity contribution in [3.63, 3.8) is 0 Å². The fraction of sp³-hybridized carbons (Fsp3) is 0.500. The smallest absolute Gasteiger partial charge is 0.270 e. The second kappa shape index (κ2) is 7.92. The Kier molecular flexibility index (Phi) is 5.89. The van der Waals surface area contributed by atoms with Gasteiger partial charge in [-0.25, -0.2) is 4.99 Å². The highest BCUT2D eigenvalue weighted by molar-refractivity contribution is 6.06. The molecule has 0 radical (unpaired) electrons. The summed E-state index contributed by atoms with van der Waals surface area (Å²) in [5.41, 5.74) is 0. The number of benzene rings is 1. The first-order valence-corrected chi connectivity index (χ1v) is 7.09. The zero-order valence-electron chi connectivity index (χ0n) is 11.9. The molecular formula is C16H21NO3. The number of rotatable bonds is 3. The third-order valence-corrected chi connectivity index (χ3v) is 3.42. The number of carbonyl (C=O) groups excluding carboxylic acids is 1. The molecule has 108 valence electrons. The molecule has 1 fully saturated rings. The topological polar surface area (TPSA) is 47.9 Å². The van der Waals surface area contributed by atoms with Crippen LogP contribution < -0.4 is 10.6 Å². The van der Waals surface area contributed by atoms with Crippen LogP contribution in [-0.2, 0) is 14.3 Å². The Hall–Kier alpha value is -1.52. The van der Waals surface area contributed by atoms with E-state index in [9.17, 15) is 4.79 Å². The first-order valence-electron chi connectivity index (χ1n) is 7.09. The van der Waals surface area contributed by atoms with Gasteiger partial charge in [-0.05, 0) is 18.9 Å². The molecule has 4 heteroatoms. The Labute approximate surface area is 119 Å². The molecular weight excluding hydrogens is 254 g/mol. The van der Waals surface area contributed by atoms with Gasteiger partial charge >= 0.3 is 0 Å². The van der Waals surface area contributed by atoms with Gasteiger partial charge in [0.15, 0.2) is 0 Å². The average Bonchev–Trinajstić information content (AvgIpc) is 2.87. The molecule has 1 heterocycles. The van der Waals surface area contributed by atoms with Gasteiger partial charge in [0.25, 0.3) is 5.91 Å². The molecule has 20 heavy (non-hydrogen) atoms. The van der Waals surface area contributed by atoms with Gasteiger partial charge in [-0.1, -0.05) is 37.5 Å². The Morgan fingerprint density at radius 1 is 1.20 bits per heavy atom. The van der Waals surface area contributed by atoms with Crippen molar-refractivity contribution in [2.45, 2.75) is 38.2 Å². The van der Waals surface area contributed by atoms with Gasteiger partial charge in [-0.15, -0.1) is 0 Å². The summed E-state index contributed by atoms with van der Waals surface area (Å²) < 4.78 is 10.2. The van der Waals surface area contributed by atoms with Crippen molar-refractivity contribution in [3.8, 4) is 0 Å². The lowest BCUT2D eigenvalue weighted by Gasteiger charge is -2.21. The molecule has 0 aromatic heterocycles. The van der Waals surface area contributed by atoms with Gasteiger partial charge in [0.05, 0.1) is 11.5 Å². The minimum Gasteiger partial charge on any atom is -0.359 e. The van der Waals surface area contributed by atoms with Crippen molar-refractivity contribution in [2.75, 3.05) is 13.9 Å². The van der Waals surface area contributed by atoms with Gasteiger partial charge in [0.1, 0.15) is 6.79 Å². The summed E-state index contributed by atoms with van der Waals surface area (Å²) >= 11 is 0. The lowest BCUT2D eigenvalue weighted by atomic mass is 9.98. The van der Waals surface area contributed by atoms with Crippen LogP contribution in [0.25, 0.3) is 6.08 Å². The van der Waals surface area contributed by atoms with Crippen LogP contribution in [0.3, 0.4) is 0 Å². The van der Waals surface area contributed by atoms with E-state index in [4.69, 9.17) is 9.47 Å². The van der Waals surface area contributed by atoms with Crippen molar-refractivity contribution >= 4 is 12.0 Å². The predicted molar refractivity (Wildman–Crippen MR) is 76.5 cm³/mol. The van der Waals surface area contributed by atoms with Crippen molar-refractivity contribution < 1.29 is 14.3 Å². The number of ether oxygens (including phenoxy) is 2. The quantitative estimate of drug-likeness (QED) is 0.787. The maximum absolute atomic E-state index is 10.7. The molecule has 1 saturated carbocycles. The monoisotopic (exact) mass is 275 g/mol. The standard InChI is InChI=1S/C8H5NO.C8H16O2/c10-8-5-6-3-1-2-4-7(6)9-8;1-9-7-10-8-5-3-2-4-6-8/h1-5H;8H,2-7H2,1H3. The Bertz CT molecular complexity index is 510. The molecule has 4 nitrogen and oxygen atoms in total. The molecule has 1 aromatic rings. The normalized spacial score (nSPS) is 17.6. The van der Waals surface area contributed by atoms with E-state index in [0.717, 1.165) is 10.6 Å². The van der Waals surface area contributed by atoms with E-state index in [2.05, 4.69) is 4.99 Å². The number of amides is 1. The van der Waals surface area contributed by atoms with Gasteiger partial charge in [0.2, 0.25) is 0 Å². The van der Waals surface area contributed by atoms with Gasteiger partial charge in [-0.2, -0.15) is 0 Å². The van der Waals surface area contributed by atoms with Crippen LogP contribution in [-0.4, -0.2) is 25.9 Å². The van der Waals surface area contributed by atoms with Gasteiger partial charge in [0, 0.05) is 18.4 Å². The average molecular weight is 275 g/mol. The van der Waals surface area contributed by atoms with Crippen LogP contribution in [0.15, 0.2) is 29.3 Å². The number of methoxy groups -OCH3 is 1. The zero-order valence-corrected chi connectivity index (χ0v) is 11.9. The molecule has 3 rings (SSSR count). The Balaban J connectivity index is 0.000000147. The summed E-state index contributed by atoms with van der Waals surface area (Å²) in [6.07, 6.45) is 8.51. The fourth-order valence-electron chi connectivity index (χ4n) is 2.39. The van der Waals surface area contributed by atoms with Crippen LogP contribution >= 0.6 is 0 Å². The first-order chi connectivity index (χ1) is 9.79. The van der Waals surface area contributed by atoms with Crippen molar-refractivity contribution in [1.82, 2.24) is 0 Å². The molecule has 1 aromatic carbocycles. The molecule has 0 saturated heterocycles. The zero-order chi connectivity index (χ0) is 14.2.